The number of likely N-dealkylation sites (N-methyl/N-ethyl adjacent to an activating group) is 1. The van der Waals surface area contributed by atoms with E-state index in [9.17, 15) is 5.11 Å². The third-order valence-electron chi connectivity index (χ3n) is 2.81. The van der Waals surface area contributed by atoms with E-state index in [4.69, 9.17) is 0 Å². The Morgan fingerprint density at radius 2 is 2.07 bits per heavy atom. The first-order valence-electron chi connectivity index (χ1n) is 5.29. The minimum absolute atomic E-state index is 0.444. The van der Waals surface area contributed by atoms with E-state index in [-0.39, 0.29) is 0 Å². The van der Waals surface area contributed by atoms with Crippen molar-refractivity contribution in [1.82, 2.24) is 10.2 Å². The van der Waals surface area contributed by atoms with Crippen LogP contribution < -0.4 is 5.32 Å². The molecule has 1 heterocycles. The van der Waals surface area contributed by atoms with Crippen LogP contribution in [0.5, 0.6) is 0 Å². The highest BCUT2D eigenvalue weighted by Crippen LogP contribution is 2.21. The summed E-state index contributed by atoms with van der Waals surface area (Å²) in [5, 5.41) is 12.9. The van der Waals surface area contributed by atoms with Crippen molar-refractivity contribution in [1.29, 1.82) is 0 Å². The molecule has 0 atom stereocenters. The number of aliphatic hydroxyl groups is 1. The van der Waals surface area contributed by atoms with Crippen LogP contribution in [0.4, 0.5) is 0 Å². The van der Waals surface area contributed by atoms with E-state index < -0.39 is 5.60 Å². The van der Waals surface area contributed by atoms with Gasteiger partial charge in [-0.15, -0.1) is 0 Å². The first-order chi connectivity index (χ1) is 6.53. The maximum atomic E-state index is 9.77. The lowest BCUT2D eigenvalue weighted by atomic mass is 9.93. The molecule has 3 heteroatoms. The van der Waals surface area contributed by atoms with Gasteiger partial charge in [-0.25, -0.2) is 0 Å². The van der Waals surface area contributed by atoms with Gasteiger partial charge in [-0.05, 0) is 32.4 Å². The van der Waals surface area contributed by atoms with Gasteiger partial charge in [-0.1, -0.05) is 6.58 Å². The largest absolute Gasteiger partial charge is 0.390 e. The zero-order valence-corrected chi connectivity index (χ0v) is 9.34. The lowest BCUT2D eigenvalue weighted by Crippen LogP contribution is -2.43. The topological polar surface area (TPSA) is 35.5 Å². The summed E-state index contributed by atoms with van der Waals surface area (Å²) in [6.45, 7) is 9.73. The van der Waals surface area contributed by atoms with Crippen LogP contribution in [-0.4, -0.2) is 48.8 Å². The first-order valence-corrected chi connectivity index (χ1v) is 5.29. The monoisotopic (exact) mass is 198 g/mol. The SMILES string of the molecule is C=C(CNC)CN1CCC(C)(O)CC1. The summed E-state index contributed by atoms with van der Waals surface area (Å²) in [4.78, 5) is 2.36. The number of likely N-dealkylation sites (tertiary alicyclic amines) is 1. The lowest BCUT2D eigenvalue weighted by Gasteiger charge is -2.36. The van der Waals surface area contributed by atoms with Gasteiger partial charge in [0.15, 0.2) is 0 Å². The minimum Gasteiger partial charge on any atom is -0.390 e. The highest BCUT2D eigenvalue weighted by Gasteiger charge is 2.26. The van der Waals surface area contributed by atoms with Crippen molar-refractivity contribution in [3.05, 3.63) is 12.2 Å². The Morgan fingerprint density at radius 3 is 2.57 bits per heavy atom. The Bertz CT molecular complexity index is 191. The number of piperidine rings is 1. The van der Waals surface area contributed by atoms with E-state index in [1.54, 1.807) is 0 Å². The maximum absolute atomic E-state index is 9.77. The average Bonchev–Trinajstić information content (AvgIpc) is 2.09. The zero-order chi connectivity index (χ0) is 10.6. The summed E-state index contributed by atoms with van der Waals surface area (Å²) >= 11 is 0. The summed E-state index contributed by atoms with van der Waals surface area (Å²) in [5.41, 5.74) is 0.773. The van der Waals surface area contributed by atoms with Crippen molar-refractivity contribution in [2.75, 3.05) is 33.2 Å². The summed E-state index contributed by atoms with van der Waals surface area (Å²) in [5.74, 6) is 0. The molecule has 1 aliphatic heterocycles. The van der Waals surface area contributed by atoms with Gasteiger partial charge in [0.2, 0.25) is 0 Å². The molecular formula is C11H22N2O. The molecule has 0 unspecified atom stereocenters. The van der Waals surface area contributed by atoms with Crippen molar-refractivity contribution in [2.24, 2.45) is 0 Å². The molecule has 2 N–H and O–H groups in total. The first kappa shape index (κ1) is 11.7. The predicted octanol–water partition coefficient (Wildman–Crippen LogP) is 0.609. The van der Waals surface area contributed by atoms with Crippen LogP contribution in [0.25, 0.3) is 0 Å². The van der Waals surface area contributed by atoms with Gasteiger partial charge in [0.05, 0.1) is 5.60 Å². The third-order valence-corrected chi connectivity index (χ3v) is 2.81. The predicted molar refractivity (Wildman–Crippen MR) is 59.4 cm³/mol. The Morgan fingerprint density at radius 1 is 1.50 bits per heavy atom. The van der Waals surface area contributed by atoms with Crippen LogP contribution in [0.15, 0.2) is 12.2 Å². The molecular weight excluding hydrogens is 176 g/mol. The second-order valence-corrected chi connectivity index (χ2v) is 4.55. The van der Waals surface area contributed by atoms with Gasteiger partial charge in [0, 0.05) is 26.2 Å². The molecule has 0 bridgehead atoms. The van der Waals surface area contributed by atoms with Gasteiger partial charge in [0.25, 0.3) is 0 Å². The van der Waals surface area contributed by atoms with Crippen molar-refractivity contribution in [2.45, 2.75) is 25.4 Å². The molecule has 0 aromatic carbocycles. The molecule has 0 amide bonds. The Labute approximate surface area is 86.8 Å². The van der Waals surface area contributed by atoms with Crippen LogP contribution in [0.1, 0.15) is 19.8 Å². The van der Waals surface area contributed by atoms with Crippen LogP contribution >= 0.6 is 0 Å². The molecule has 1 rings (SSSR count). The van der Waals surface area contributed by atoms with Crippen LogP contribution in [0, 0.1) is 0 Å². The summed E-state index contributed by atoms with van der Waals surface area (Å²) in [6.07, 6.45) is 1.75. The fourth-order valence-corrected chi connectivity index (χ4v) is 1.81. The van der Waals surface area contributed by atoms with Crippen LogP contribution in [0.3, 0.4) is 0 Å². The molecule has 0 aromatic heterocycles. The number of nitrogens with zero attached hydrogens (tertiary/aromatic N) is 1. The number of nitrogens with one attached hydrogen (secondary N) is 1. The van der Waals surface area contributed by atoms with Gasteiger partial charge in [-0.3, -0.25) is 4.90 Å². The Balaban J connectivity index is 2.25. The molecule has 1 fully saturated rings. The fourth-order valence-electron chi connectivity index (χ4n) is 1.81. The van der Waals surface area contributed by atoms with Crippen molar-refractivity contribution in [3.8, 4) is 0 Å². The summed E-state index contributed by atoms with van der Waals surface area (Å²) in [7, 11) is 1.94. The van der Waals surface area contributed by atoms with E-state index in [0.29, 0.717) is 0 Å². The molecule has 3 nitrogen and oxygen atoms in total. The molecule has 0 aliphatic carbocycles. The quantitative estimate of drug-likeness (QED) is 0.650. The van der Waals surface area contributed by atoms with E-state index in [0.717, 1.165) is 39.0 Å². The van der Waals surface area contributed by atoms with E-state index in [2.05, 4.69) is 16.8 Å². The highest BCUT2D eigenvalue weighted by atomic mass is 16.3. The fraction of sp³-hybridized carbons (Fsp3) is 0.818. The molecule has 1 aliphatic rings. The van der Waals surface area contributed by atoms with Crippen LogP contribution in [0.2, 0.25) is 0 Å². The van der Waals surface area contributed by atoms with E-state index in [1.807, 2.05) is 14.0 Å². The van der Waals surface area contributed by atoms with Crippen molar-refractivity contribution < 1.29 is 5.11 Å². The van der Waals surface area contributed by atoms with Gasteiger partial charge in [0.1, 0.15) is 0 Å². The Kier molecular flexibility index (Phi) is 4.11. The highest BCUT2D eigenvalue weighted by molar-refractivity contribution is 5.00. The maximum Gasteiger partial charge on any atom is 0.0644 e. The molecule has 0 saturated carbocycles. The number of hydrogen-bond donors (Lipinski definition) is 2. The molecule has 82 valence electrons. The standard InChI is InChI=1S/C11H22N2O/c1-10(8-12-3)9-13-6-4-11(2,14)5-7-13/h12,14H,1,4-9H2,2-3H3. The third kappa shape index (κ3) is 3.78. The molecule has 0 aromatic rings. The number of hydrogen-bond acceptors (Lipinski definition) is 3. The normalized spacial score (nSPS) is 22.2. The molecule has 0 radical (unpaired) electrons. The summed E-state index contributed by atoms with van der Waals surface area (Å²) in [6, 6.07) is 0. The van der Waals surface area contributed by atoms with E-state index in [1.165, 1.54) is 5.57 Å². The zero-order valence-electron chi connectivity index (χ0n) is 9.34. The second kappa shape index (κ2) is 4.91. The van der Waals surface area contributed by atoms with Gasteiger partial charge in [-0.2, -0.15) is 0 Å². The molecule has 0 spiro atoms. The van der Waals surface area contributed by atoms with Gasteiger partial charge < -0.3 is 10.4 Å². The van der Waals surface area contributed by atoms with Crippen molar-refractivity contribution >= 4 is 0 Å². The smallest absolute Gasteiger partial charge is 0.0644 e. The second-order valence-electron chi connectivity index (χ2n) is 4.55. The summed E-state index contributed by atoms with van der Waals surface area (Å²) < 4.78 is 0. The molecule has 1 saturated heterocycles. The number of rotatable bonds is 4. The Hall–Kier alpha value is -0.380. The average molecular weight is 198 g/mol. The lowest BCUT2D eigenvalue weighted by molar-refractivity contribution is -0.00309. The minimum atomic E-state index is -0.444. The van der Waals surface area contributed by atoms with Crippen LogP contribution in [-0.2, 0) is 0 Å². The van der Waals surface area contributed by atoms with Crippen molar-refractivity contribution in [3.63, 3.8) is 0 Å². The van der Waals surface area contributed by atoms with Gasteiger partial charge >= 0.3 is 0 Å². The molecule has 14 heavy (non-hydrogen) atoms. The van der Waals surface area contributed by atoms with E-state index >= 15 is 0 Å².